The van der Waals surface area contributed by atoms with Gasteiger partial charge in [-0.1, -0.05) is 0 Å². The maximum absolute atomic E-state index is 10.3. The Balaban J connectivity index is 3.76. The molecule has 0 bridgehead atoms. The van der Waals surface area contributed by atoms with Crippen LogP contribution < -0.4 is 5.43 Å². The Morgan fingerprint density at radius 3 is 2.33 bits per heavy atom. The van der Waals surface area contributed by atoms with Gasteiger partial charge in [-0.3, -0.25) is 9.59 Å². The molecule has 0 aromatic heterocycles. The second-order valence-electron chi connectivity index (χ2n) is 2.44. The van der Waals surface area contributed by atoms with Crippen molar-refractivity contribution in [2.75, 3.05) is 13.6 Å². The van der Waals surface area contributed by atoms with E-state index in [0.717, 1.165) is 0 Å². The number of carboxylic acids is 2. The molecule has 70 valence electrons. The summed E-state index contributed by atoms with van der Waals surface area (Å²) in [5, 5.41) is 17.9. The van der Waals surface area contributed by atoms with E-state index in [0.29, 0.717) is 0 Å². The monoisotopic (exact) mass is 176 g/mol. The van der Waals surface area contributed by atoms with Gasteiger partial charge in [-0.2, -0.15) is 0 Å². The Bertz CT molecular complexity index is 182. The van der Waals surface area contributed by atoms with Gasteiger partial charge in [0, 0.05) is 7.05 Å². The van der Waals surface area contributed by atoms with Crippen LogP contribution in [0, 0.1) is 0 Å². The average Bonchev–Trinajstić information content (AvgIpc) is 1.84. The summed E-state index contributed by atoms with van der Waals surface area (Å²) in [5.74, 6) is -2.03. The number of carboxylic acid groups (broad SMARTS) is 2. The number of likely N-dealkylation sites (N-methyl/N-ethyl adjacent to an activating group) is 1. The van der Waals surface area contributed by atoms with E-state index in [2.05, 4.69) is 5.43 Å². The van der Waals surface area contributed by atoms with Gasteiger partial charge >= 0.3 is 11.9 Å². The lowest BCUT2D eigenvalue weighted by atomic mass is 10.4. The first-order chi connectivity index (χ1) is 5.43. The second-order valence-corrected chi connectivity index (χ2v) is 2.44. The molecular formula is C6H12N2O4. The predicted octanol–water partition coefficient (Wildman–Crippen LogP) is -1.02. The van der Waals surface area contributed by atoms with Crippen molar-refractivity contribution in [1.29, 1.82) is 0 Å². The van der Waals surface area contributed by atoms with Gasteiger partial charge in [0.2, 0.25) is 0 Å². The van der Waals surface area contributed by atoms with Crippen molar-refractivity contribution in [2.24, 2.45) is 0 Å². The summed E-state index contributed by atoms with van der Waals surface area (Å²) in [6.07, 6.45) is 0. The van der Waals surface area contributed by atoms with E-state index in [1.807, 2.05) is 0 Å². The van der Waals surface area contributed by atoms with Crippen LogP contribution in [0.5, 0.6) is 0 Å². The normalized spacial score (nSPS) is 12.9. The third-order valence-electron chi connectivity index (χ3n) is 1.16. The zero-order chi connectivity index (χ0) is 9.72. The first-order valence-corrected chi connectivity index (χ1v) is 3.35. The lowest BCUT2D eigenvalue weighted by Crippen LogP contribution is -2.46. The van der Waals surface area contributed by atoms with Crippen LogP contribution in [0.25, 0.3) is 0 Å². The highest BCUT2D eigenvalue weighted by molar-refractivity contribution is 5.73. The summed E-state index contributed by atoms with van der Waals surface area (Å²) in [6.45, 7) is 1.19. The van der Waals surface area contributed by atoms with Crippen LogP contribution in [-0.2, 0) is 9.59 Å². The van der Waals surface area contributed by atoms with E-state index in [1.54, 1.807) is 0 Å². The molecule has 6 nitrogen and oxygen atoms in total. The van der Waals surface area contributed by atoms with E-state index in [9.17, 15) is 9.59 Å². The molecule has 0 radical (unpaired) electrons. The Labute approximate surface area is 69.8 Å². The molecule has 1 atom stereocenters. The van der Waals surface area contributed by atoms with E-state index in [4.69, 9.17) is 10.2 Å². The van der Waals surface area contributed by atoms with Crippen LogP contribution in [0.3, 0.4) is 0 Å². The van der Waals surface area contributed by atoms with E-state index >= 15 is 0 Å². The SMILES string of the molecule is C[C@H](NN(C)CC(=O)O)C(=O)O. The largest absolute Gasteiger partial charge is 0.480 e. The van der Waals surface area contributed by atoms with Gasteiger partial charge in [-0.05, 0) is 6.92 Å². The maximum Gasteiger partial charge on any atom is 0.321 e. The molecule has 0 heterocycles. The molecule has 0 aliphatic heterocycles. The Morgan fingerprint density at radius 2 is 2.00 bits per heavy atom. The smallest absolute Gasteiger partial charge is 0.321 e. The van der Waals surface area contributed by atoms with Crippen LogP contribution in [-0.4, -0.2) is 46.8 Å². The highest BCUT2D eigenvalue weighted by atomic mass is 16.4. The molecule has 0 fully saturated rings. The number of hydrazine groups is 1. The Hall–Kier alpha value is -1.14. The molecule has 0 aliphatic rings. The third kappa shape index (κ3) is 4.64. The summed E-state index contributed by atoms with van der Waals surface area (Å²) in [5.41, 5.74) is 2.46. The lowest BCUT2D eigenvalue weighted by Gasteiger charge is -2.18. The topological polar surface area (TPSA) is 89.9 Å². The minimum Gasteiger partial charge on any atom is -0.480 e. The standard InChI is InChI=1S/C6H12N2O4/c1-4(6(11)12)7-8(2)3-5(9)10/h4,7H,3H2,1-2H3,(H,9,10)(H,11,12)/t4-/m0/s1. The molecule has 3 N–H and O–H groups in total. The minimum atomic E-state index is -1.02. The first-order valence-electron chi connectivity index (χ1n) is 3.35. The van der Waals surface area contributed by atoms with Crippen LogP contribution in [0.1, 0.15) is 6.92 Å². The number of hydrogen-bond acceptors (Lipinski definition) is 4. The van der Waals surface area contributed by atoms with Gasteiger partial charge in [-0.25, -0.2) is 10.4 Å². The lowest BCUT2D eigenvalue weighted by molar-refractivity contribution is -0.143. The molecule has 0 amide bonds. The molecular weight excluding hydrogens is 164 g/mol. The van der Waals surface area contributed by atoms with Crippen LogP contribution in [0.4, 0.5) is 0 Å². The summed E-state index contributed by atoms with van der Waals surface area (Å²) < 4.78 is 0. The second kappa shape index (κ2) is 4.68. The molecule has 0 aromatic carbocycles. The summed E-state index contributed by atoms with van der Waals surface area (Å²) in [4.78, 5) is 20.4. The van der Waals surface area contributed by atoms with Gasteiger partial charge in [0.1, 0.15) is 12.6 Å². The molecule has 0 saturated heterocycles. The number of nitrogens with zero attached hydrogens (tertiary/aromatic N) is 1. The van der Waals surface area contributed by atoms with Crippen molar-refractivity contribution in [3.8, 4) is 0 Å². The van der Waals surface area contributed by atoms with Crippen molar-refractivity contribution >= 4 is 11.9 Å². The minimum absolute atomic E-state index is 0.238. The van der Waals surface area contributed by atoms with Crippen molar-refractivity contribution < 1.29 is 19.8 Å². The fraction of sp³-hybridized carbons (Fsp3) is 0.667. The highest BCUT2D eigenvalue weighted by Crippen LogP contribution is 1.83. The molecule has 0 saturated carbocycles. The summed E-state index contributed by atoms with van der Waals surface area (Å²) in [7, 11) is 1.47. The van der Waals surface area contributed by atoms with Gasteiger partial charge < -0.3 is 10.2 Å². The number of hydrogen-bond donors (Lipinski definition) is 3. The zero-order valence-electron chi connectivity index (χ0n) is 6.94. The fourth-order valence-corrected chi connectivity index (χ4v) is 0.634. The van der Waals surface area contributed by atoms with E-state index < -0.39 is 18.0 Å². The van der Waals surface area contributed by atoms with Crippen molar-refractivity contribution in [2.45, 2.75) is 13.0 Å². The predicted molar refractivity (Wildman–Crippen MR) is 40.5 cm³/mol. The zero-order valence-corrected chi connectivity index (χ0v) is 6.94. The molecule has 6 heteroatoms. The number of nitrogens with one attached hydrogen (secondary N) is 1. The van der Waals surface area contributed by atoms with Crippen LogP contribution in [0.15, 0.2) is 0 Å². The highest BCUT2D eigenvalue weighted by Gasteiger charge is 2.13. The fourth-order valence-electron chi connectivity index (χ4n) is 0.634. The first kappa shape index (κ1) is 10.9. The van der Waals surface area contributed by atoms with Crippen molar-refractivity contribution in [1.82, 2.24) is 10.4 Å². The van der Waals surface area contributed by atoms with Crippen LogP contribution in [0.2, 0.25) is 0 Å². The number of aliphatic carboxylic acids is 2. The molecule has 0 rings (SSSR count). The van der Waals surface area contributed by atoms with E-state index in [1.165, 1.54) is 19.0 Å². The molecule has 0 unspecified atom stereocenters. The Kier molecular flexibility index (Phi) is 4.24. The summed E-state index contributed by atoms with van der Waals surface area (Å²) in [6, 6.07) is -0.783. The quantitative estimate of drug-likeness (QED) is 0.464. The number of carbonyl (C=O) groups is 2. The van der Waals surface area contributed by atoms with Crippen molar-refractivity contribution in [3.63, 3.8) is 0 Å². The van der Waals surface area contributed by atoms with Gasteiger partial charge in [0.05, 0.1) is 0 Å². The maximum atomic E-state index is 10.3. The van der Waals surface area contributed by atoms with Crippen molar-refractivity contribution in [3.05, 3.63) is 0 Å². The average molecular weight is 176 g/mol. The van der Waals surface area contributed by atoms with Gasteiger partial charge in [-0.15, -0.1) is 0 Å². The summed E-state index contributed by atoms with van der Waals surface area (Å²) >= 11 is 0. The molecule has 0 aliphatic carbocycles. The van der Waals surface area contributed by atoms with Gasteiger partial charge in [0.25, 0.3) is 0 Å². The molecule has 12 heavy (non-hydrogen) atoms. The molecule has 0 spiro atoms. The van der Waals surface area contributed by atoms with E-state index in [-0.39, 0.29) is 6.54 Å². The van der Waals surface area contributed by atoms with Crippen LogP contribution >= 0.6 is 0 Å². The Morgan fingerprint density at radius 1 is 1.50 bits per heavy atom. The third-order valence-corrected chi connectivity index (χ3v) is 1.16. The number of rotatable bonds is 5. The molecule has 0 aromatic rings. The van der Waals surface area contributed by atoms with Gasteiger partial charge in [0.15, 0.2) is 0 Å².